The fraction of sp³-hybridized carbons (Fsp3) is 0.562. The van der Waals surface area contributed by atoms with Gasteiger partial charge in [0.1, 0.15) is 0 Å². The molecule has 2 saturated heterocycles. The summed E-state index contributed by atoms with van der Waals surface area (Å²) in [6, 6.07) is 4.91. The van der Waals surface area contributed by atoms with Gasteiger partial charge in [-0.3, -0.25) is 4.21 Å². The van der Waals surface area contributed by atoms with Crippen molar-refractivity contribution in [2.24, 2.45) is 0 Å². The molecular formula is C16H16F3NO2S. The van der Waals surface area contributed by atoms with Crippen molar-refractivity contribution in [3.05, 3.63) is 34.9 Å². The molecule has 2 aliphatic heterocycles. The quantitative estimate of drug-likeness (QED) is 0.852. The van der Waals surface area contributed by atoms with Gasteiger partial charge in [-0.15, -0.1) is 0 Å². The van der Waals surface area contributed by atoms with Crippen molar-refractivity contribution >= 4 is 10.8 Å². The molecule has 2 heterocycles. The van der Waals surface area contributed by atoms with Crippen molar-refractivity contribution in [2.45, 2.75) is 54.4 Å². The lowest BCUT2D eigenvalue weighted by atomic mass is 9.79. The Bertz CT molecular complexity index is 680. The second kappa shape index (κ2) is 5.60. The number of fused-ring (bicyclic) bond motifs is 2. The van der Waals surface area contributed by atoms with Gasteiger partial charge >= 0.3 is 6.18 Å². The third kappa shape index (κ3) is 2.90. The number of halogens is 3. The molecule has 7 heteroatoms. The first-order valence-electron chi connectivity index (χ1n) is 7.48. The van der Waals surface area contributed by atoms with Gasteiger partial charge in [-0.2, -0.15) is 18.4 Å². The van der Waals surface area contributed by atoms with E-state index in [1.807, 2.05) is 0 Å². The molecule has 2 bridgehead atoms. The van der Waals surface area contributed by atoms with Gasteiger partial charge in [0.15, 0.2) is 0 Å². The van der Waals surface area contributed by atoms with E-state index in [1.54, 1.807) is 6.07 Å². The van der Waals surface area contributed by atoms with Crippen molar-refractivity contribution in [3.8, 4) is 6.07 Å². The van der Waals surface area contributed by atoms with Crippen molar-refractivity contribution in [2.75, 3.05) is 0 Å². The molecule has 23 heavy (non-hydrogen) atoms. The van der Waals surface area contributed by atoms with E-state index < -0.39 is 33.7 Å². The molecule has 0 radical (unpaired) electrons. The van der Waals surface area contributed by atoms with Gasteiger partial charge in [0, 0.05) is 21.3 Å². The average molecular weight is 343 g/mol. The van der Waals surface area contributed by atoms with Gasteiger partial charge in [-0.25, -0.2) is 0 Å². The summed E-state index contributed by atoms with van der Waals surface area (Å²) in [4.78, 5) is 0. The smallest absolute Gasteiger partial charge is 0.385 e. The highest BCUT2D eigenvalue weighted by Crippen LogP contribution is 2.45. The minimum absolute atomic E-state index is 0.164. The third-order valence-corrected chi connectivity index (χ3v) is 6.94. The van der Waals surface area contributed by atoms with Crippen LogP contribution < -0.4 is 0 Å². The third-order valence-electron chi connectivity index (χ3n) is 4.82. The van der Waals surface area contributed by atoms with E-state index in [-0.39, 0.29) is 28.9 Å². The predicted molar refractivity (Wildman–Crippen MR) is 78.9 cm³/mol. The van der Waals surface area contributed by atoms with Crippen LogP contribution in [0.4, 0.5) is 13.2 Å². The van der Waals surface area contributed by atoms with Crippen LogP contribution in [-0.4, -0.2) is 19.8 Å². The predicted octanol–water partition coefficient (Wildman–Crippen LogP) is 3.23. The van der Waals surface area contributed by atoms with E-state index in [0.29, 0.717) is 0 Å². The Balaban J connectivity index is 2.02. The van der Waals surface area contributed by atoms with Crippen molar-refractivity contribution < 1.29 is 22.5 Å². The van der Waals surface area contributed by atoms with Gasteiger partial charge in [-0.05, 0) is 43.4 Å². The topological polar surface area (TPSA) is 61.1 Å². The fourth-order valence-corrected chi connectivity index (χ4v) is 5.91. The molecular weight excluding hydrogens is 327 g/mol. The summed E-state index contributed by atoms with van der Waals surface area (Å²) >= 11 is 0. The number of alkyl halides is 3. The summed E-state index contributed by atoms with van der Waals surface area (Å²) in [5, 5.41) is 19.5. The summed E-state index contributed by atoms with van der Waals surface area (Å²) in [5.41, 5.74) is -2.72. The molecule has 0 amide bonds. The largest absolute Gasteiger partial charge is 0.417 e. The Hall–Kier alpha value is -1.39. The van der Waals surface area contributed by atoms with Crippen LogP contribution in [0.1, 0.15) is 48.8 Å². The van der Waals surface area contributed by atoms with E-state index in [4.69, 9.17) is 5.26 Å². The number of nitriles is 1. The van der Waals surface area contributed by atoms with Crippen LogP contribution in [0.15, 0.2) is 18.2 Å². The first kappa shape index (κ1) is 16.5. The Morgan fingerprint density at radius 3 is 2.39 bits per heavy atom. The van der Waals surface area contributed by atoms with Crippen LogP contribution in [0, 0.1) is 11.3 Å². The minimum Gasteiger partial charge on any atom is -0.385 e. The summed E-state index contributed by atoms with van der Waals surface area (Å²) in [7, 11) is -1.02. The van der Waals surface area contributed by atoms with E-state index in [2.05, 4.69) is 0 Å². The molecule has 2 aliphatic rings. The molecule has 2 atom stereocenters. The second-order valence-corrected chi connectivity index (χ2v) is 8.30. The standard InChI is InChI=1S/C16H16F3NO2S/c17-16(18,19)14-6-11(5-4-10(14)9-20)15(21)7-12-2-1-3-13(8-15)23(12)22/h4-6,12-13,21H,1-3,7-8H2. The van der Waals surface area contributed by atoms with E-state index in [9.17, 15) is 22.5 Å². The number of benzene rings is 1. The van der Waals surface area contributed by atoms with Crippen LogP contribution in [-0.2, 0) is 22.6 Å². The summed E-state index contributed by atoms with van der Waals surface area (Å²) in [5.74, 6) is 0. The molecule has 0 saturated carbocycles. The Morgan fingerprint density at radius 2 is 1.87 bits per heavy atom. The van der Waals surface area contributed by atoms with E-state index in [1.165, 1.54) is 6.07 Å². The van der Waals surface area contributed by atoms with Gasteiger partial charge in [0.05, 0.1) is 22.8 Å². The molecule has 124 valence electrons. The monoisotopic (exact) mass is 343 g/mol. The maximum atomic E-state index is 13.1. The number of rotatable bonds is 1. The van der Waals surface area contributed by atoms with E-state index in [0.717, 1.165) is 31.4 Å². The summed E-state index contributed by atoms with van der Waals surface area (Å²) < 4.78 is 51.6. The minimum atomic E-state index is -4.65. The zero-order valence-corrected chi connectivity index (χ0v) is 13.1. The molecule has 2 unspecified atom stereocenters. The average Bonchev–Trinajstić information content (AvgIpc) is 2.47. The zero-order chi connectivity index (χ0) is 16.8. The molecule has 3 nitrogen and oxygen atoms in total. The first-order chi connectivity index (χ1) is 10.7. The van der Waals surface area contributed by atoms with Crippen molar-refractivity contribution in [3.63, 3.8) is 0 Å². The van der Waals surface area contributed by atoms with E-state index >= 15 is 0 Å². The highest BCUT2D eigenvalue weighted by molar-refractivity contribution is 7.86. The lowest BCUT2D eigenvalue weighted by Gasteiger charge is -2.44. The summed E-state index contributed by atoms with van der Waals surface area (Å²) in [6.07, 6.45) is -1.83. The molecule has 1 aromatic carbocycles. The lowest BCUT2D eigenvalue weighted by Crippen LogP contribution is -2.47. The molecule has 0 aromatic heterocycles. The number of hydrogen-bond acceptors (Lipinski definition) is 3. The molecule has 1 N–H and O–H groups in total. The molecule has 2 fully saturated rings. The van der Waals surface area contributed by atoms with Crippen LogP contribution in [0.5, 0.6) is 0 Å². The molecule has 1 aromatic rings. The van der Waals surface area contributed by atoms with Gasteiger partial charge in [0.2, 0.25) is 0 Å². The Labute approximate surface area is 134 Å². The van der Waals surface area contributed by atoms with Gasteiger partial charge < -0.3 is 5.11 Å². The lowest BCUT2D eigenvalue weighted by molar-refractivity contribution is -0.138. The van der Waals surface area contributed by atoms with Crippen LogP contribution in [0.2, 0.25) is 0 Å². The highest BCUT2D eigenvalue weighted by atomic mass is 32.2. The summed E-state index contributed by atoms with van der Waals surface area (Å²) in [6.45, 7) is 0. The number of nitrogens with zero attached hydrogens (tertiary/aromatic N) is 1. The molecule has 3 rings (SSSR count). The van der Waals surface area contributed by atoms with Crippen LogP contribution in [0.3, 0.4) is 0 Å². The van der Waals surface area contributed by atoms with Crippen LogP contribution in [0.25, 0.3) is 0 Å². The molecule has 0 aliphatic carbocycles. The second-order valence-electron chi connectivity index (χ2n) is 6.31. The van der Waals surface area contributed by atoms with Crippen LogP contribution >= 0.6 is 0 Å². The number of aliphatic hydroxyl groups is 1. The fourth-order valence-electron chi connectivity index (χ4n) is 3.68. The zero-order valence-electron chi connectivity index (χ0n) is 12.3. The SMILES string of the molecule is N#Cc1ccc(C2(O)CC3CCCC(C2)S3=O)cc1C(F)(F)F. The van der Waals surface area contributed by atoms with Gasteiger partial charge in [0.25, 0.3) is 0 Å². The van der Waals surface area contributed by atoms with Crippen molar-refractivity contribution in [1.82, 2.24) is 0 Å². The first-order valence-corrected chi connectivity index (χ1v) is 8.76. The Kier molecular flexibility index (Phi) is 4.01. The maximum Gasteiger partial charge on any atom is 0.417 e. The van der Waals surface area contributed by atoms with Crippen molar-refractivity contribution in [1.29, 1.82) is 5.26 Å². The molecule has 0 spiro atoms. The maximum absolute atomic E-state index is 13.1. The van der Waals surface area contributed by atoms with Gasteiger partial charge in [-0.1, -0.05) is 12.5 Å². The number of hydrogen-bond donors (Lipinski definition) is 1. The normalized spacial score (nSPS) is 34.0. The highest BCUT2D eigenvalue weighted by Gasteiger charge is 2.47. The Morgan fingerprint density at radius 1 is 1.26 bits per heavy atom.